The fourth-order valence-corrected chi connectivity index (χ4v) is 4.00. The first kappa shape index (κ1) is 20.4. The standard InChI is InChI=1S/C20H14Cl2O5S/c1-27-28(25,26)19-5-3-2-4-14(19)20(12-6-8-17(23)15(21)10-12)13-7-9-18(24)16(22)11-13/h2-11,23H,1H3/b20-13+. The van der Waals surface area contributed by atoms with Gasteiger partial charge < -0.3 is 5.11 Å². The number of phenolic OH excluding ortho intramolecular Hbond substituents is 1. The van der Waals surface area contributed by atoms with Gasteiger partial charge in [0.05, 0.1) is 17.2 Å². The molecular formula is C20H14Cl2O5S. The molecule has 2 aromatic carbocycles. The Morgan fingerprint density at radius 2 is 1.79 bits per heavy atom. The van der Waals surface area contributed by atoms with Crippen molar-refractivity contribution in [2.45, 2.75) is 4.90 Å². The van der Waals surface area contributed by atoms with Crippen LogP contribution in [0, 0.1) is 0 Å². The molecule has 28 heavy (non-hydrogen) atoms. The number of rotatable bonds is 4. The van der Waals surface area contributed by atoms with Crippen molar-refractivity contribution < 1.29 is 22.5 Å². The van der Waals surface area contributed by atoms with E-state index in [1.165, 1.54) is 30.4 Å². The van der Waals surface area contributed by atoms with Crippen LogP contribution in [0.15, 0.2) is 76.2 Å². The molecule has 0 saturated heterocycles. The van der Waals surface area contributed by atoms with Crippen molar-refractivity contribution in [3.63, 3.8) is 0 Å². The van der Waals surface area contributed by atoms with Gasteiger partial charge in [-0.3, -0.25) is 8.98 Å². The SMILES string of the molecule is COS(=O)(=O)c1ccccc1/C(=C1\C=CC(=O)C(Cl)=C1)c1ccc(O)c(Cl)c1. The Hall–Kier alpha value is -2.38. The Morgan fingerprint density at radius 3 is 2.43 bits per heavy atom. The average molecular weight is 437 g/mol. The minimum absolute atomic E-state index is 0.00745. The summed E-state index contributed by atoms with van der Waals surface area (Å²) in [6.07, 6.45) is 4.30. The van der Waals surface area contributed by atoms with Gasteiger partial charge in [-0.25, -0.2) is 0 Å². The third kappa shape index (κ3) is 3.91. The number of phenols is 1. The fourth-order valence-electron chi connectivity index (χ4n) is 2.78. The molecule has 0 radical (unpaired) electrons. The van der Waals surface area contributed by atoms with Crippen LogP contribution in [0.3, 0.4) is 0 Å². The molecule has 8 heteroatoms. The van der Waals surface area contributed by atoms with Crippen molar-refractivity contribution in [2.75, 3.05) is 7.11 Å². The van der Waals surface area contributed by atoms with E-state index in [2.05, 4.69) is 4.18 Å². The highest BCUT2D eigenvalue weighted by Gasteiger charge is 2.23. The Balaban J connectivity index is 2.39. The van der Waals surface area contributed by atoms with Crippen LogP contribution in [0.1, 0.15) is 11.1 Å². The van der Waals surface area contributed by atoms with Crippen LogP contribution in [0.2, 0.25) is 5.02 Å². The number of aromatic hydroxyl groups is 1. The van der Waals surface area contributed by atoms with E-state index in [4.69, 9.17) is 23.2 Å². The first-order valence-corrected chi connectivity index (χ1v) is 10.1. The third-order valence-electron chi connectivity index (χ3n) is 4.10. The predicted octanol–water partition coefficient (Wildman–Crippen LogP) is 4.44. The number of hydrogen-bond acceptors (Lipinski definition) is 5. The molecule has 0 aromatic heterocycles. The molecule has 1 aliphatic carbocycles. The van der Waals surface area contributed by atoms with Gasteiger partial charge in [0.25, 0.3) is 10.1 Å². The molecule has 0 aliphatic heterocycles. The van der Waals surface area contributed by atoms with Gasteiger partial charge in [-0.15, -0.1) is 0 Å². The minimum Gasteiger partial charge on any atom is -0.506 e. The summed E-state index contributed by atoms with van der Waals surface area (Å²) in [5.41, 5.74) is 1.82. The van der Waals surface area contributed by atoms with Crippen LogP contribution in [0.4, 0.5) is 0 Å². The molecule has 0 heterocycles. The topological polar surface area (TPSA) is 80.7 Å². The van der Waals surface area contributed by atoms with Crippen LogP contribution < -0.4 is 0 Å². The van der Waals surface area contributed by atoms with Crippen molar-refractivity contribution >= 4 is 44.7 Å². The van der Waals surface area contributed by atoms with Crippen LogP contribution in [-0.4, -0.2) is 26.4 Å². The third-order valence-corrected chi connectivity index (χ3v) is 6.03. The molecule has 0 fully saturated rings. The van der Waals surface area contributed by atoms with Gasteiger partial charge in [0.2, 0.25) is 0 Å². The van der Waals surface area contributed by atoms with Gasteiger partial charge in [0, 0.05) is 5.56 Å². The number of halogens is 2. The Bertz CT molecular complexity index is 1160. The van der Waals surface area contributed by atoms with Crippen LogP contribution in [0.25, 0.3) is 5.57 Å². The second kappa shape index (κ2) is 7.93. The van der Waals surface area contributed by atoms with E-state index >= 15 is 0 Å². The summed E-state index contributed by atoms with van der Waals surface area (Å²) >= 11 is 12.1. The Labute approximate surface area is 172 Å². The molecule has 0 amide bonds. The first-order valence-electron chi connectivity index (χ1n) is 7.97. The summed E-state index contributed by atoms with van der Waals surface area (Å²) in [6.45, 7) is 0. The zero-order valence-electron chi connectivity index (χ0n) is 14.5. The van der Waals surface area contributed by atoms with Gasteiger partial charge in [-0.1, -0.05) is 53.5 Å². The summed E-state index contributed by atoms with van der Waals surface area (Å²) in [5.74, 6) is -0.471. The highest BCUT2D eigenvalue weighted by molar-refractivity contribution is 7.86. The van der Waals surface area contributed by atoms with Crippen molar-refractivity contribution in [1.29, 1.82) is 0 Å². The lowest BCUT2D eigenvalue weighted by Gasteiger charge is -2.17. The van der Waals surface area contributed by atoms with Crippen LogP contribution in [0.5, 0.6) is 5.75 Å². The van der Waals surface area contributed by atoms with Gasteiger partial charge in [0.1, 0.15) is 10.6 Å². The summed E-state index contributed by atoms with van der Waals surface area (Å²) < 4.78 is 29.6. The zero-order valence-corrected chi connectivity index (χ0v) is 16.8. The molecule has 2 aromatic rings. The quantitative estimate of drug-likeness (QED) is 0.716. The average Bonchev–Trinajstić information content (AvgIpc) is 2.68. The maximum absolute atomic E-state index is 12.5. The maximum Gasteiger partial charge on any atom is 0.297 e. The minimum atomic E-state index is -4.02. The molecule has 144 valence electrons. The van der Waals surface area contributed by atoms with Gasteiger partial charge in [-0.05, 0) is 47.1 Å². The van der Waals surface area contributed by atoms with Crippen molar-refractivity contribution in [3.05, 3.63) is 87.4 Å². The highest BCUT2D eigenvalue weighted by atomic mass is 35.5. The lowest BCUT2D eigenvalue weighted by molar-refractivity contribution is -0.110. The molecule has 5 nitrogen and oxygen atoms in total. The zero-order chi connectivity index (χ0) is 20.5. The van der Waals surface area contributed by atoms with Gasteiger partial charge in [-0.2, -0.15) is 8.42 Å². The largest absolute Gasteiger partial charge is 0.506 e. The first-order chi connectivity index (χ1) is 13.2. The summed E-state index contributed by atoms with van der Waals surface area (Å²) in [6, 6.07) is 10.8. The van der Waals surface area contributed by atoms with Crippen molar-refractivity contribution in [2.24, 2.45) is 0 Å². The van der Waals surface area contributed by atoms with E-state index in [1.54, 1.807) is 30.3 Å². The monoisotopic (exact) mass is 436 g/mol. The highest BCUT2D eigenvalue weighted by Crippen LogP contribution is 2.37. The smallest absolute Gasteiger partial charge is 0.297 e. The lowest BCUT2D eigenvalue weighted by Crippen LogP contribution is -2.08. The lowest BCUT2D eigenvalue weighted by atomic mass is 9.91. The fraction of sp³-hybridized carbons (Fsp3) is 0.0500. The molecule has 0 spiro atoms. The number of ketones is 1. The molecule has 1 N–H and O–H groups in total. The van der Waals surface area contributed by atoms with Crippen LogP contribution in [-0.2, 0) is 19.1 Å². The van der Waals surface area contributed by atoms with E-state index in [-0.39, 0.29) is 26.5 Å². The van der Waals surface area contributed by atoms with Gasteiger partial charge >= 0.3 is 0 Å². The molecule has 1 aliphatic rings. The normalized spacial score (nSPS) is 16.1. The number of carbonyl (C=O) groups is 1. The Morgan fingerprint density at radius 1 is 1.07 bits per heavy atom. The second-order valence-corrected chi connectivity index (χ2v) is 8.30. The summed E-state index contributed by atoms with van der Waals surface area (Å²) in [7, 11) is -2.95. The molecule has 0 saturated carbocycles. The van der Waals surface area contributed by atoms with Crippen molar-refractivity contribution in [3.8, 4) is 5.75 Å². The number of carbonyl (C=O) groups excluding carboxylic acids is 1. The predicted molar refractivity (Wildman–Crippen MR) is 108 cm³/mol. The molecule has 3 rings (SSSR count). The van der Waals surface area contributed by atoms with E-state index < -0.39 is 10.1 Å². The number of benzene rings is 2. The van der Waals surface area contributed by atoms with E-state index in [0.29, 0.717) is 22.3 Å². The maximum atomic E-state index is 12.5. The molecular weight excluding hydrogens is 423 g/mol. The summed E-state index contributed by atoms with van der Waals surface area (Å²) in [5, 5.41) is 9.83. The Kier molecular flexibility index (Phi) is 5.76. The summed E-state index contributed by atoms with van der Waals surface area (Å²) in [4.78, 5) is 11.7. The van der Waals surface area contributed by atoms with Gasteiger partial charge in [0.15, 0.2) is 5.78 Å². The molecule has 0 atom stereocenters. The molecule has 0 unspecified atom stereocenters. The second-order valence-electron chi connectivity index (χ2n) is 5.80. The van der Waals surface area contributed by atoms with Crippen LogP contribution >= 0.6 is 23.2 Å². The van der Waals surface area contributed by atoms with E-state index in [0.717, 1.165) is 7.11 Å². The molecule has 0 bridgehead atoms. The van der Waals surface area contributed by atoms with E-state index in [1.807, 2.05) is 0 Å². The number of hydrogen-bond donors (Lipinski definition) is 1. The van der Waals surface area contributed by atoms with Crippen molar-refractivity contribution in [1.82, 2.24) is 0 Å². The number of allylic oxidation sites excluding steroid dienone is 5. The van der Waals surface area contributed by atoms with E-state index in [9.17, 15) is 18.3 Å².